The molecule has 1 amide bonds. The summed E-state index contributed by atoms with van der Waals surface area (Å²) in [6, 6.07) is 11.6. The van der Waals surface area contributed by atoms with Crippen LogP contribution in [-0.2, 0) is 38.5 Å². The van der Waals surface area contributed by atoms with E-state index in [-0.39, 0.29) is 24.8 Å². The van der Waals surface area contributed by atoms with E-state index < -0.39 is 24.1 Å². The van der Waals surface area contributed by atoms with Gasteiger partial charge in [0.2, 0.25) is 5.91 Å². The summed E-state index contributed by atoms with van der Waals surface area (Å²) < 4.78 is 16.1. The van der Waals surface area contributed by atoms with Gasteiger partial charge in [0.1, 0.15) is 6.04 Å². The summed E-state index contributed by atoms with van der Waals surface area (Å²) in [5, 5.41) is 3.17. The highest BCUT2D eigenvalue weighted by Crippen LogP contribution is 2.35. The first-order valence-corrected chi connectivity index (χ1v) is 12.3. The Kier molecular flexibility index (Phi) is 9.47. The van der Waals surface area contributed by atoms with Crippen LogP contribution in [0.4, 0.5) is 0 Å². The third kappa shape index (κ3) is 6.43. The van der Waals surface area contributed by atoms with Crippen molar-refractivity contribution < 1.29 is 28.6 Å². The van der Waals surface area contributed by atoms with Crippen LogP contribution in [0.1, 0.15) is 43.9 Å². The number of ketones is 1. The monoisotopic (exact) mass is 496 g/mol. The molecule has 194 valence electrons. The van der Waals surface area contributed by atoms with Crippen molar-refractivity contribution in [2.24, 2.45) is 0 Å². The zero-order chi connectivity index (χ0) is 26.2. The lowest BCUT2D eigenvalue weighted by atomic mass is 9.91. The molecule has 8 nitrogen and oxygen atoms in total. The van der Waals surface area contributed by atoms with Gasteiger partial charge >= 0.3 is 5.97 Å². The van der Waals surface area contributed by atoms with Crippen molar-refractivity contribution in [2.45, 2.75) is 64.7 Å². The molecule has 0 saturated carbocycles. The lowest BCUT2D eigenvalue weighted by Gasteiger charge is -2.38. The van der Waals surface area contributed by atoms with E-state index in [4.69, 9.17) is 14.2 Å². The Morgan fingerprint density at radius 1 is 1.06 bits per heavy atom. The molecule has 2 aromatic rings. The Morgan fingerprint density at radius 2 is 1.69 bits per heavy atom. The van der Waals surface area contributed by atoms with Gasteiger partial charge in [-0.25, -0.2) is 0 Å². The fourth-order valence-corrected chi connectivity index (χ4v) is 4.60. The number of benzene rings is 2. The first kappa shape index (κ1) is 27.2. The number of hydrogen-bond acceptors (Lipinski definition) is 7. The van der Waals surface area contributed by atoms with Crippen LogP contribution in [0.15, 0.2) is 42.5 Å². The molecule has 8 heteroatoms. The van der Waals surface area contributed by atoms with E-state index in [1.165, 1.54) is 6.92 Å². The molecule has 0 aromatic heterocycles. The average molecular weight is 497 g/mol. The van der Waals surface area contributed by atoms with Gasteiger partial charge in [0.15, 0.2) is 17.3 Å². The molecule has 0 spiro atoms. The van der Waals surface area contributed by atoms with Crippen LogP contribution in [0.3, 0.4) is 0 Å². The number of aryl methyl sites for hydroxylation is 1. The number of ether oxygens (including phenoxy) is 3. The minimum atomic E-state index is -0.696. The highest BCUT2D eigenvalue weighted by atomic mass is 16.5. The highest BCUT2D eigenvalue weighted by molar-refractivity contribution is 5.90. The fourth-order valence-electron chi connectivity index (χ4n) is 4.60. The lowest BCUT2D eigenvalue weighted by Crippen LogP contribution is -2.56. The Balaban J connectivity index is 1.79. The number of nitrogens with zero attached hydrogens (tertiary/aromatic N) is 1. The summed E-state index contributed by atoms with van der Waals surface area (Å²) >= 11 is 0. The number of Topliss-reactive ketones (excluding diaryl/α,β-unsaturated/α-hetero) is 1. The van der Waals surface area contributed by atoms with E-state index >= 15 is 0 Å². The standard InChI is InChI=1S/C28H36N2O6/c1-6-36-28(33)23(13-12-20-10-8-7-9-11-20)29-18(2)27(32)30-17-22-16-26(35-5)25(34-4)15-21(22)14-24(30)19(3)31/h7-11,15-16,18,23-24,29H,6,12-14,17H2,1-5H3/t18-,23-,24?/m0/s1. The Morgan fingerprint density at radius 3 is 2.28 bits per heavy atom. The van der Waals surface area contributed by atoms with Crippen molar-refractivity contribution in [3.05, 3.63) is 59.2 Å². The summed E-state index contributed by atoms with van der Waals surface area (Å²) in [6.07, 6.45) is 1.53. The molecule has 2 aromatic carbocycles. The number of nitrogens with one attached hydrogen (secondary N) is 1. The third-order valence-electron chi connectivity index (χ3n) is 6.55. The van der Waals surface area contributed by atoms with Gasteiger partial charge in [0, 0.05) is 13.0 Å². The van der Waals surface area contributed by atoms with E-state index in [0.717, 1.165) is 16.7 Å². The van der Waals surface area contributed by atoms with Crippen LogP contribution in [0.2, 0.25) is 0 Å². The summed E-state index contributed by atoms with van der Waals surface area (Å²) in [4.78, 5) is 40.4. The molecule has 1 unspecified atom stereocenters. The lowest BCUT2D eigenvalue weighted by molar-refractivity contribution is -0.147. The number of methoxy groups -OCH3 is 2. The topological polar surface area (TPSA) is 94.2 Å². The summed E-state index contributed by atoms with van der Waals surface area (Å²) in [5.41, 5.74) is 2.95. The smallest absolute Gasteiger partial charge is 0.323 e. The van der Waals surface area contributed by atoms with Crippen molar-refractivity contribution in [1.82, 2.24) is 10.2 Å². The second kappa shape index (κ2) is 12.5. The number of carbonyl (C=O) groups is 3. The molecule has 0 radical (unpaired) electrons. The van der Waals surface area contributed by atoms with Crippen LogP contribution in [0.5, 0.6) is 11.5 Å². The number of esters is 1. The molecule has 1 heterocycles. The molecule has 1 N–H and O–H groups in total. The Bertz CT molecular complexity index is 1070. The Labute approximate surface area is 212 Å². The maximum Gasteiger partial charge on any atom is 0.323 e. The van der Waals surface area contributed by atoms with Gasteiger partial charge in [-0.2, -0.15) is 0 Å². The van der Waals surface area contributed by atoms with Gasteiger partial charge in [-0.1, -0.05) is 30.3 Å². The first-order valence-electron chi connectivity index (χ1n) is 12.3. The predicted octanol–water partition coefficient (Wildman–Crippen LogP) is 3.09. The maximum atomic E-state index is 13.6. The third-order valence-corrected chi connectivity index (χ3v) is 6.55. The van der Waals surface area contributed by atoms with Crippen LogP contribution in [0.25, 0.3) is 0 Å². The van der Waals surface area contributed by atoms with E-state index in [9.17, 15) is 14.4 Å². The molecular weight excluding hydrogens is 460 g/mol. The van der Waals surface area contributed by atoms with Gasteiger partial charge in [0.25, 0.3) is 0 Å². The van der Waals surface area contributed by atoms with Crippen molar-refractivity contribution in [3.8, 4) is 11.5 Å². The second-order valence-corrected chi connectivity index (χ2v) is 8.99. The maximum absolute atomic E-state index is 13.6. The number of hydrogen-bond donors (Lipinski definition) is 1. The largest absolute Gasteiger partial charge is 0.493 e. The number of fused-ring (bicyclic) bond motifs is 1. The minimum absolute atomic E-state index is 0.0954. The van der Waals surface area contributed by atoms with Gasteiger partial charge < -0.3 is 19.1 Å². The SMILES string of the molecule is CCOC(=O)[C@H](CCc1ccccc1)N[C@@H](C)C(=O)N1Cc2cc(OC)c(OC)cc2CC1C(C)=O. The average Bonchev–Trinajstić information content (AvgIpc) is 2.89. The summed E-state index contributed by atoms with van der Waals surface area (Å²) in [7, 11) is 3.13. The zero-order valence-electron chi connectivity index (χ0n) is 21.7. The van der Waals surface area contributed by atoms with E-state index in [1.54, 1.807) is 33.0 Å². The van der Waals surface area contributed by atoms with Crippen molar-refractivity contribution >= 4 is 17.7 Å². The predicted molar refractivity (Wildman–Crippen MR) is 136 cm³/mol. The molecular formula is C28H36N2O6. The molecule has 0 bridgehead atoms. The first-order chi connectivity index (χ1) is 17.3. The van der Waals surface area contributed by atoms with Crippen LogP contribution in [-0.4, -0.2) is 61.5 Å². The molecule has 1 aliphatic heterocycles. The number of amides is 1. The van der Waals surface area contributed by atoms with E-state index in [1.807, 2.05) is 42.5 Å². The molecule has 0 aliphatic carbocycles. The molecule has 3 rings (SSSR count). The number of carbonyl (C=O) groups excluding carboxylic acids is 3. The van der Waals surface area contributed by atoms with E-state index in [0.29, 0.717) is 30.8 Å². The Hall–Kier alpha value is -3.39. The summed E-state index contributed by atoms with van der Waals surface area (Å²) in [6.45, 7) is 5.49. The number of rotatable bonds is 11. The van der Waals surface area contributed by atoms with Crippen molar-refractivity contribution in [2.75, 3.05) is 20.8 Å². The van der Waals surface area contributed by atoms with Crippen LogP contribution >= 0.6 is 0 Å². The fraction of sp³-hybridized carbons (Fsp3) is 0.464. The van der Waals surface area contributed by atoms with Gasteiger partial charge in [-0.3, -0.25) is 19.7 Å². The normalized spacial score (nSPS) is 16.5. The van der Waals surface area contributed by atoms with Gasteiger partial charge in [-0.05, 0) is 62.4 Å². The molecule has 0 saturated heterocycles. The van der Waals surface area contributed by atoms with Gasteiger partial charge in [-0.15, -0.1) is 0 Å². The van der Waals surface area contributed by atoms with Crippen LogP contribution in [0, 0.1) is 0 Å². The van der Waals surface area contributed by atoms with Crippen LogP contribution < -0.4 is 14.8 Å². The summed E-state index contributed by atoms with van der Waals surface area (Å²) in [5.74, 6) is 0.423. The van der Waals surface area contributed by atoms with E-state index in [2.05, 4.69) is 5.32 Å². The van der Waals surface area contributed by atoms with Crippen molar-refractivity contribution in [3.63, 3.8) is 0 Å². The quantitative estimate of drug-likeness (QED) is 0.478. The van der Waals surface area contributed by atoms with Crippen molar-refractivity contribution in [1.29, 1.82) is 0 Å². The molecule has 0 fully saturated rings. The van der Waals surface area contributed by atoms with Gasteiger partial charge in [0.05, 0.1) is 32.9 Å². The highest BCUT2D eigenvalue weighted by Gasteiger charge is 2.36. The zero-order valence-corrected chi connectivity index (χ0v) is 21.7. The minimum Gasteiger partial charge on any atom is -0.493 e. The molecule has 3 atom stereocenters. The second-order valence-electron chi connectivity index (χ2n) is 8.99. The molecule has 1 aliphatic rings. The molecule has 36 heavy (non-hydrogen) atoms.